The Morgan fingerprint density at radius 3 is 2.06 bits per heavy atom. The smallest absolute Gasteiger partial charge is 0.410 e. The van der Waals surface area contributed by atoms with Gasteiger partial charge in [0.2, 0.25) is 6.08 Å². The number of aliphatic imine (C=N–C) groups is 1. The van der Waals surface area contributed by atoms with Crippen molar-refractivity contribution in [2.45, 2.75) is 26.4 Å². The molecule has 0 aromatic heterocycles. The normalized spacial score (nSPS) is 15.9. The molecule has 1 aliphatic rings. The second kappa shape index (κ2) is 5.64. The van der Waals surface area contributed by atoms with Crippen LogP contribution in [0.4, 0.5) is 9.59 Å². The van der Waals surface area contributed by atoms with Crippen LogP contribution in [0.2, 0.25) is 0 Å². The molecule has 0 bridgehead atoms. The summed E-state index contributed by atoms with van der Waals surface area (Å²) in [4.78, 5) is 38.9. The molecule has 100 valence electrons. The summed E-state index contributed by atoms with van der Waals surface area (Å²) in [5.41, 5.74) is -0.536. The van der Waals surface area contributed by atoms with Gasteiger partial charge in [-0.2, -0.15) is 0 Å². The first-order valence-electron chi connectivity index (χ1n) is 5.68. The van der Waals surface area contributed by atoms with Gasteiger partial charge in [-0.1, -0.05) is 0 Å². The van der Waals surface area contributed by atoms with Crippen molar-refractivity contribution in [3.05, 3.63) is 0 Å². The molecule has 0 aromatic rings. The zero-order valence-electron chi connectivity index (χ0n) is 10.8. The fourth-order valence-electron chi connectivity index (χ4n) is 1.52. The van der Waals surface area contributed by atoms with Crippen LogP contribution in [-0.4, -0.2) is 59.8 Å². The van der Waals surface area contributed by atoms with Gasteiger partial charge in [0, 0.05) is 26.2 Å². The van der Waals surface area contributed by atoms with Crippen LogP contribution >= 0.6 is 0 Å². The molecule has 0 unspecified atom stereocenters. The van der Waals surface area contributed by atoms with Crippen LogP contribution in [-0.2, 0) is 9.53 Å². The lowest BCUT2D eigenvalue weighted by Gasteiger charge is -2.34. The molecule has 18 heavy (non-hydrogen) atoms. The van der Waals surface area contributed by atoms with Crippen LogP contribution in [0.1, 0.15) is 20.8 Å². The number of carbonyl (C=O) groups excluding carboxylic acids is 3. The van der Waals surface area contributed by atoms with Gasteiger partial charge in [-0.3, -0.25) is 0 Å². The third kappa shape index (κ3) is 4.18. The highest BCUT2D eigenvalue weighted by molar-refractivity contribution is 5.80. The SMILES string of the molecule is CC(C)(C)OC(=O)N1CCN(C(=O)N=C=O)CC1. The maximum atomic E-state index is 11.7. The van der Waals surface area contributed by atoms with E-state index in [9.17, 15) is 14.4 Å². The minimum Gasteiger partial charge on any atom is -0.444 e. The van der Waals surface area contributed by atoms with Crippen molar-refractivity contribution >= 4 is 18.2 Å². The van der Waals surface area contributed by atoms with Crippen LogP contribution < -0.4 is 0 Å². The number of amides is 3. The van der Waals surface area contributed by atoms with E-state index in [0.717, 1.165) is 0 Å². The van der Waals surface area contributed by atoms with E-state index in [2.05, 4.69) is 4.99 Å². The molecule has 1 heterocycles. The third-order valence-corrected chi connectivity index (χ3v) is 2.34. The standard InChI is InChI=1S/C11H17N3O4/c1-11(2,3)18-10(17)14-6-4-13(5-7-14)9(16)12-8-15/h4-7H2,1-3H3. The summed E-state index contributed by atoms with van der Waals surface area (Å²) >= 11 is 0. The van der Waals surface area contributed by atoms with Crippen molar-refractivity contribution in [2.24, 2.45) is 4.99 Å². The summed E-state index contributed by atoms with van der Waals surface area (Å²) in [6, 6.07) is -0.617. The molecule has 0 spiro atoms. The summed E-state index contributed by atoms with van der Waals surface area (Å²) in [5, 5.41) is 0. The number of hydrogen-bond acceptors (Lipinski definition) is 4. The Labute approximate surface area is 105 Å². The van der Waals surface area contributed by atoms with Crippen molar-refractivity contribution in [3.8, 4) is 0 Å². The van der Waals surface area contributed by atoms with E-state index in [-0.39, 0.29) is 0 Å². The Morgan fingerprint density at radius 2 is 1.61 bits per heavy atom. The number of rotatable bonds is 0. The predicted molar refractivity (Wildman–Crippen MR) is 62.9 cm³/mol. The Balaban J connectivity index is 2.46. The van der Waals surface area contributed by atoms with Crippen molar-refractivity contribution < 1.29 is 19.1 Å². The highest BCUT2D eigenvalue weighted by Gasteiger charge is 2.27. The number of hydrogen-bond donors (Lipinski definition) is 0. The molecule has 1 fully saturated rings. The van der Waals surface area contributed by atoms with Gasteiger partial charge < -0.3 is 14.5 Å². The van der Waals surface area contributed by atoms with E-state index in [0.29, 0.717) is 26.2 Å². The fourth-order valence-corrected chi connectivity index (χ4v) is 1.52. The van der Waals surface area contributed by atoms with Gasteiger partial charge in [0.05, 0.1) is 0 Å². The number of piperazine rings is 1. The van der Waals surface area contributed by atoms with Gasteiger partial charge in [0.15, 0.2) is 0 Å². The maximum Gasteiger partial charge on any atom is 0.410 e. The zero-order valence-corrected chi connectivity index (χ0v) is 10.8. The van der Waals surface area contributed by atoms with Gasteiger partial charge in [-0.05, 0) is 20.8 Å². The quantitative estimate of drug-likeness (QED) is 0.477. The fraction of sp³-hybridized carbons (Fsp3) is 0.727. The topological polar surface area (TPSA) is 79.3 Å². The number of carbonyl (C=O) groups is 2. The Kier molecular flexibility index (Phi) is 4.44. The molecule has 0 atom stereocenters. The molecule has 3 amide bonds. The van der Waals surface area contributed by atoms with Crippen molar-refractivity contribution in [1.29, 1.82) is 0 Å². The average molecular weight is 255 g/mol. The van der Waals surface area contributed by atoms with Crippen LogP contribution in [0, 0.1) is 0 Å². The summed E-state index contributed by atoms with van der Waals surface area (Å²) in [6.07, 6.45) is 0.813. The van der Waals surface area contributed by atoms with Crippen molar-refractivity contribution in [3.63, 3.8) is 0 Å². The van der Waals surface area contributed by atoms with Crippen LogP contribution in [0.15, 0.2) is 4.99 Å². The minimum atomic E-state index is -0.617. The monoisotopic (exact) mass is 255 g/mol. The molecule has 1 rings (SSSR count). The summed E-state index contributed by atoms with van der Waals surface area (Å²) in [5.74, 6) is 0. The molecule has 0 N–H and O–H groups in total. The molecule has 0 aliphatic carbocycles. The van der Waals surface area contributed by atoms with E-state index in [1.54, 1.807) is 20.8 Å². The largest absolute Gasteiger partial charge is 0.444 e. The first kappa shape index (κ1) is 14.2. The van der Waals surface area contributed by atoms with Gasteiger partial charge in [0.1, 0.15) is 5.60 Å². The second-order valence-electron chi connectivity index (χ2n) is 4.94. The first-order valence-corrected chi connectivity index (χ1v) is 5.68. The third-order valence-electron chi connectivity index (χ3n) is 2.34. The van der Waals surface area contributed by atoms with E-state index < -0.39 is 17.7 Å². The molecule has 0 radical (unpaired) electrons. The Bertz CT molecular complexity index is 374. The highest BCUT2D eigenvalue weighted by Crippen LogP contribution is 2.12. The van der Waals surface area contributed by atoms with Crippen molar-refractivity contribution in [1.82, 2.24) is 9.80 Å². The zero-order chi connectivity index (χ0) is 13.8. The molecule has 0 aromatic carbocycles. The van der Waals surface area contributed by atoms with Crippen LogP contribution in [0.25, 0.3) is 0 Å². The van der Waals surface area contributed by atoms with E-state index in [1.165, 1.54) is 15.9 Å². The van der Waals surface area contributed by atoms with Crippen LogP contribution in [0.5, 0.6) is 0 Å². The highest BCUT2D eigenvalue weighted by atomic mass is 16.6. The minimum absolute atomic E-state index is 0.337. The lowest BCUT2D eigenvalue weighted by Crippen LogP contribution is -2.51. The molecular weight excluding hydrogens is 238 g/mol. The summed E-state index contributed by atoms with van der Waals surface area (Å²) in [6.45, 7) is 6.80. The molecule has 0 saturated carbocycles. The van der Waals surface area contributed by atoms with E-state index in [4.69, 9.17) is 4.74 Å². The molecule has 7 heteroatoms. The lowest BCUT2D eigenvalue weighted by atomic mass is 10.2. The molecule has 1 aliphatic heterocycles. The van der Waals surface area contributed by atoms with E-state index >= 15 is 0 Å². The molecular formula is C11H17N3O4. The average Bonchev–Trinajstić information content (AvgIpc) is 2.27. The van der Waals surface area contributed by atoms with E-state index in [1.807, 2.05) is 0 Å². The molecule has 1 saturated heterocycles. The Morgan fingerprint density at radius 1 is 1.11 bits per heavy atom. The van der Waals surface area contributed by atoms with Gasteiger partial charge in [-0.25, -0.2) is 14.4 Å². The first-order chi connectivity index (χ1) is 8.33. The summed E-state index contributed by atoms with van der Waals surface area (Å²) < 4.78 is 5.22. The number of nitrogens with zero attached hydrogens (tertiary/aromatic N) is 3. The number of isocyanates is 1. The Hall–Kier alpha value is -1.88. The number of urea groups is 1. The molecule has 7 nitrogen and oxygen atoms in total. The summed E-state index contributed by atoms with van der Waals surface area (Å²) in [7, 11) is 0. The van der Waals surface area contributed by atoms with Gasteiger partial charge in [-0.15, -0.1) is 4.99 Å². The van der Waals surface area contributed by atoms with Crippen molar-refractivity contribution in [2.75, 3.05) is 26.2 Å². The number of ether oxygens (including phenoxy) is 1. The van der Waals surface area contributed by atoms with Gasteiger partial charge >= 0.3 is 12.1 Å². The lowest BCUT2D eigenvalue weighted by molar-refractivity contribution is 0.0173. The van der Waals surface area contributed by atoms with Gasteiger partial charge in [0.25, 0.3) is 0 Å². The maximum absolute atomic E-state index is 11.7. The predicted octanol–water partition coefficient (Wildman–Crippen LogP) is 0.995. The second-order valence-corrected chi connectivity index (χ2v) is 4.94. The van der Waals surface area contributed by atoms with Crippen LogP contribution in [0.3, 0.4) is 0 Å².